The van der Waals surface area contributed by atoms with Gasteiger partial charge in [-0.05, 0) is 50.7 Å². The highest BCUT2D eigenvalue weighted by atomic mass is 14.6. The van der Waals surface area contributed by atoms with Crippen LogP contribution in [0.2, 0.25) is 0 Å². The molecule has 98 valence electrons. The molecule has 1 heteroatoms. The van der Waals surface area contributed by atoms with E-state index in [1.807, 2.05) is 0 Å². The Kier molecular flexibility index (Phi) is 4.60. The Balaban J connectivity index is 2.23. The van der Waals surface area contributed by atoms with E-state index in [0.717, 1.165) is 0 Å². The summed E-state index contributed by atoms with van der Waals surface area (Å²) in [6.45, 7) is 4.31. The van der Waals surface area contributed by atoms with Crippen molar-refractivity contribution in [3.63, 3.8) is 0 Å². The lowest BCUT2D eigenvalue weighted by Crippen LogP contribution is -2.15. The second-order valence-corrected chi connectivity index (χ2v) is 5.57. The first-order valence-corrected chi connectivity index (χ1v) is 7.20. The van der Waals surface area contributed by atoms with Crippen molar-refractivity contribution in [1.82, 2.24) is 0 Å². The van der Waals surface area contributed by atoms with Gasteiger partial charge in [0.05, 0.1) is 6.04 Å². The molecular weight excluding hydrogens is 218 g/mol. The number of benzene rings is 1. The van der Waals surface area contributed by atoms with Gasteiger partial charge >= 0.3 is 0 Å². The third-order valence-corrected chi connectivity index (χ3v) is 4.00. The molecule has 0 fully saturated rings. The van der Waals surface area contributed by atoms with E-state index in [1.165, 1.54) is 60.8 Å². The van der Waals surface area contributed by atoms with Crippen LogP contribution in [0, 0.1) is 13.8 Å². The zero-order chi connectivity index (χ0) is 13.0. The molecule has 1 aliphatic rings. The first-order chi connectivity index (χ1) is 8.68. The minimum atomic E-state index is 0.1000. The topological polar surface area (TPSA) is 26.0 Å². The normalized spacial score (nSPS) is 21.6. The molecule has 0 heterocycles. The predicted molar refractivity (Wildman–Crippen MR) is 78.6 cm³/mol. The second kappa shape index (κ2) is 6.19. The van der Waals surface area contributed by atoms with Crippen LogP contribution in [0.1, 0.15) is 61.3 Å². The summed E-state index contributed by atoms with van der Waals surface area (Å²) in [6, 6.07) is 6.70. The van der Waals surface area contributed by atoms with Gasteiger partial charge in [0.15, 0.2) is 0 Å². The van der Waals surface area contributed by atoms with E-state index in [1.54, 1.807) is 0 Å². The van der Waals surface area contributed by atoms with Gasteiger partial charge < -0.3 is 5.73 Å². The van der Waals surface area contributed by atoms with Crippen LogP contribution < -0.4 is 5.73 Å². The highest BCUT2D eigenvalue weighted by Crippen LogP contribution is 2.29. The third-order valence-electron chi connectivity index (χ3n) is 4.00. The van der Waals surface area contributed by atoms with Gasteiger partial charge in [-0.1, -0.05) is 48.3 Å². The summed E-state index contributed by atoms with van der Waals surface area (Å²) in [5.41, 5.74) is 11.9. The molecule has 1 aromatic rings. The molecule has 1 aromatic carbocycles. The Hall–Kier alpha value is -1.08. The first kappa shape index (κ1) is 13.4. The van der Waals surface area contributed by atoms with Crippen molar-refractivity contribution in [3.8, 4) is 0 Å². The standard InChI is InChI=1S/C17H25N/c1-13-10-11-14(2)16(12-13)17(18)15-8-6-4-3-5-7-9-15/h8,10-12,17H,3-7,9,18H2,1-2H3/b15-8+. The lowest BCUT2D eigenvalue weighted by molar-refractivity contribution is 0.602. The lowest BCUT2D eigenvalue weighted by Gasteiger charge is -2.21. The molecule has 0 saturated heterocycles. The fourth-order valence-electron chi connectivity index (χ4n) is 2.79. The van der Waals surface area contributed by atoms with Crippen molar-refractivity contribution in [2.24, 2.45) is 5.73 Å². The zero-order valence-electron chi connectivity index (χ0n) is 11.7. The van der Waals surface area contributed by atoms with Crippen LogP contribution in [0.25, 0.3) is 0 Å². The Morgan fingerprint density at radius 3 is 2.67 bits per heavy atom. The van der Waals surface area contributed by atoms with Crippen molar-refractivity contribution in [1.29, 1.82) is 0 Å². The number of aryl methyl sites for hydroxylation is 2. The van der Waals surface area contributed by atoms with Gasteiger partial charge in [-0.2, -0.15) is 0 Å². The van der Waals surface area contributed by atoms with Crippen LogP contribution in [-0.2, 0) is 0 Å². The molecule has 0 aliphatic heterocycles. The van der Waals surface area contributed by atoms with Gasteiger partial charge in [-0.15, -0.1) is 0 Å². The molecule has 0 amide bonds. The maximum Gasteiger partial charge on any atom is 0.0513 e. The molecule has 18 heavy (non-hydrogen) atoms. The molecule has 1 atom stereocenters. The number of nitrogens with two attached hydrogens (primary N) is 1. The van der Waals surface area contributed by atoms with Crippen molar-refractivity contribution in [3.05, 3.63) is 46.5 Å². The average Bonchev–Trinajstić information content (AvgIpc) is 2.31. The van der Waals surface area contributed by atoms with Crippen molar-refractivity contribution < 1.29 is 0 Å². The van der Waals surface area contributed by atoms with Crippen LogP contribution in [0.4, 0.5) is 0 Å². The quantitative estimate of drug-likeness (QED) is 0.756. The van der Waals surface area contributed by atoms with Crippen LogP contribution in [0.5, 0.6) is 0 Å². The van der Waals surface area contributed by atoms with Crippen LogP contribution in [-0.4, -0.2) is 0 Å². The number of rotatable bonds is 2. The van der Waals surface area contributed by atoms with E-state index in [-0.39, 0.29) is 6.04 Å². The van der Waals surface area contributed by atoms with Gasteiger partial charge in [0.25, 0.3) is 0 Å². The molecule has 0 bridgehead atoms. The van der Waals surface area contributed by atoms with E-state index in [4.69, 9.17) is 5.73 Å². The second-order valence-electron chi connectivity index (χ2n) is 5.57. The van der Waals surface area contributed by atoms with Gasteiger partial charge in [-0.25, -0.2) is 0 Å². The minimum absolute atomic E-state index is 0.1000. The van der Waals surface area contributed by atoms with E-state index in [9.17, 15) is 0 Å². The molecule has 2 N–H and O–H groups in total. The van der Waals surface area contributed by atoms with Crippen molar-refractivity contribution in [2.75, 3.05) is 0 Å². The summed E-state index contributed by atoms with van der Waals surface area (Å²) >= 11 is 0. The molecular formula is C17H25N. The van der Waals surface area contributed by atoms with Crippen LogP contribution >= 0.6 is 0 Å². The van der Waals surface area contributed by atoms with Gasteiger partial charge in [0, 0.05) is 0 Å². The summed E-state index contributed by atoms with van der Waals surface area (Å²) in [7, 11) is 0. The average molecular weight is 243 g/mol. The van der Waals surface area contributed by atoms with Crippen molar-refractivity contribution >= 4 is 0 Å². The highest BCUT2D eigenvalue weighted by Gasteiger charge is 2.14. The Labute approximate surface area is 111 Å². The largest absolute Gasteiger partial charge is 0.321 e. The molecule has 0 radical (unpaired) electrons. The predicted octanol–water partition coefficient (Wildman–Crippen LogP) is 4.58. The van der Waals surface area contributed by atoms with E-state index in [2.05, 4.69) is 38.1 Å². The molecule has 1 aliphatic carbocycles. The first-order valence-electron chi connectivity index (χ1n) is 7.20. The SMILES string of the molecule is Cc1ccc(C)c(C(N)/C2=C/CCCCCC2)c1. The Morgan fingerprint density at radius 2 is 1.83 bits per heavy atom. The number of allylic oxidation sites excluding steroid dienone is 1. The third kappa shape index (κ3) is 3.23. The van der Waals surface area contributed by atoms with Gasteiger partial charge in [0.2, 0.25) is 0 Å². The van der Waals surface area contributed by atoms with E-state index < -0.39 is 0 Å². The highest BCUT2D eigenvalue weighted by molar-refractivity contribution is 5.37. The maximum atomic E-state index is 6.49. The molecule has 2 rings (SSSR count). The van der Waals surface area contributed by atoms with Crippen LogP contribution in [0.15, 0.2) is 29.8 Å². The molecule has 0 spiro atoms. The fourth-order valence-corrected chi connectivity index (χ4v) is 2.79. The smallest absolute Gasteiger partial charge is 0.0513 e. The van der Waals surface area contributed by atoms with E-state index >= 15 is 0 Å². The Morgan fingerprint density at radius 1 is 1.06 bits per heavy atom. The summed E-state index contributed by atoms with van der Waals surface area (Å²) in [5, 5.41) is 0. The molecule has 1 unspecified atom stereocenters. The molecule has 0 aromatic heterocycles. The number of hydrogen-bond donors (Lipinski definition) is 1. The van der Waals surface area contributed by atoms with Crippen molar-refractivity contribution in [2.45, 2.75) is 58.4 Å². The zero-order valence-corrected chi connectivity index (χ0v) is 11.7. The summed E-state index contributed by atoms with van der Waals surface area (Å²) in [4.78, 5) is 0. The van der Waals surface area contributed by atoms with Gasteiger partial charge in [-0.3, -0.25) is 0 Å². The summed E-state index contributed by atoms with van der Waals surface area (Å²) in [6.07, 6.45) is 10.1. The fraction of sp³-hybridized carbons (Fsp3) is 0.529. The van der Waals surface area contributed by atoms with Gasteiger partial charge in [0.1, 0.15) is 0 Å². The monoisotopic (exact) mass is 243 g/mol. The Bertz CT molecular complexity index is 431. The summed E-state index contributed by atoms with van der Waals surface area (Å²) in [5.74, 6) is 0. The number of hydrogen-bond acceptors (Lipinski definition) is 1. The van der Waals surface area contributed by atoms with E-state index in [0.29, 0.717) is 0 Å². The summed E-state index contributed by atoms with van der Waals surface area (Å²) < 4.78 is 0. The molecule has 0 saturated carbocycles. The molecule has 1 nitrogen and oxygen atoms in total. The minimum Gasteiger partial charge on any atom is -0.321 e. The maximum absolute atomic E-state index is 6.49. The lowest BCUT2D eigenvalue weighted by atomic mass is 9.89. The van der Waals surface area contributed by atoms with Crippen LogP contribution in [0.3, 0.4) is 0 Å².